The van der Waals surface area contributed by atoms with Crippen LogP contribution in [0.15, 0.2) is 102 Å². The largest absolute Gasteiger partial charge is 0.347 e. The van der Waals surface area contributed by atoms with Gasteiger partial charge in [-0.05, 0) is 73.0 Å². The maximum Gasteiger partial charge on any atom is 0.283 e. The summed E-state index contributed by atoms with van der Waals surface area (Å²) in [4.78, 5) is 29.7. The molecular formula is C31H28ClN3O2. The fraction of sp³-hybridized carbons (Fsp3) is 0.226. The van der Waals surface area contributed by atoms with Crippen LogP contribution in [-0.4, -0.2) is 18.9 Å². The van der Waals surface area contributed by atoms with Crippen molar-refractivity contribution < 1.29 is 9.59 Å². The van der Waals surface area contributed by atoms with Crippen molar-refractivity contribution in [3.05, 3.63) is 113 Å². The SMILES string of the molecule is CN1/C(=C/C=C2C(=O)N(c3ccccc3)N(c3ccccc3)C2=O)C2(CCCCC2)c2cc(Cl)ccc21. The summed E-state index contributed by atoms with van der Waals surface area (Å²) in [5.41, 5.74) is 4.77. The molecule has 3 aromatic carbocycles. The Bertz CT molecular complexity index is 1370. The number of para-hydroxylation sites is 2. The number of hydrogen-bond acceptors (Lipinski definition) is 3. The Hall–Kier alpha value is -3.83. The van der Waals surface area contributed by atoms with E-state index in [1.165, 1.54) is 22.0 Å². The molecular weight excluding hydrogens is 482 g/mol. The molecule has 37 heavy (non-hydrogen) atoms. The number of amides is 2. The molecule has 0 aromatic heterocycles. The number of hydrogen-bond donors (Lipinski definition) is 0. The predicted molar refractivity (Wildman–Crippen MR) is 149 cm³/mol. The van der Waals surface area contributed by atoms with Gasteiger partial charge in [0.1, 0.15) is 5.57 Å². The van der Waals surface area contributed by atoms with Gasteiger partial charge in [0.05, 0.1) is 11.4 Å². The minimum Gasteiger partial charge on any atom is -0.347 e. The van der Waals surface area contributed by atoms with Gasteiger partial charge in [0.2, 0.25) is 0 Å². The molecule has 6 heteroatoms. The second-order valence-corrected chi connectivity index (χ2v) is 10.3. The summed E-state index contributed by atoms with van der Waals surface area (Å²) in [6.07, 6.45) is 9.23. The highest BCUT2D eigenvalue weighted by Gasteiger charge is 2.47. The Kier molecular flexibility index (Phi) is 5.88. The van der Waals surface area contributed by atoms with Crippen LogP contribution in [0.3, 0.4) is 0 Å². The van der Waals surface area contributed by atoms with E-state index in [0.29, 0.717) is 11.4 Å². The number of halogens is 1. The molecule has 6 rings (SSSR count). The molecule has 1 saturated heterocycles. The summed E-state index contributed by atoms with van der Waals surface area (Å²) >= 11 is 6.44. The molecule has 2 heterocycles. The van der Waals surface area contributed by atoms with Crippen LogP contribution in [0.2, 0.25) is 5.02 Å². The van der Waals surface area contributed by atoms with Crippen LogP contribution < -0.4 is 14.9 Å². The molecule has 0 N–H and O–H groups in total. The Morgan fingerprint density at radius 2 is 1.32 bits per heavy atom. The average molecular weight is 510 g/mol. The van der Waals surface area contributed by atoms with Crippen LogP contribution >= 0.6 is 11.6 Å². The van der Waals surface area contributed by atoms with Crippen molar-refractivity contribution in [1.29, 1.82) is 0 Å². The number of hydrazine groups is 1. The molecule has 1 aliphatic carbocycles. The average Bonchev–Trinajstić information content (AvgIpc) is 3.30. The van der Waals surface area contributed by atoms with Gasteiger partial charge in [-0.2, -0.15) is 0 Å². The van der Waals surface area contributed by atoms with E-state index in [0.717, 1.165) is 42.1 Å². The van der Waals surface area contributed by atoms with E-state index in [2.05, 4.69) is 24.1 Å². The number of nitrogens with zero attached hydrogens (tertiary/aromatic N) is 3. The molecule has 3 aromatic rings. The third-order valence-electron chi connectivity index (χ3n) is 7.85. The van der Waals surface area contributed by atoms with Gasteiger partial charge in [-0.25, -0.2) is 10.0 Å². The standard InChI is InChI=1S/C31H28ClN3O2/c1-33-27-17-15-22(32)21-26(27)31(19-9-4-10-20-31)28(33)18-16-25-29(36)34(23-11-5-2-6-12-23)35(30(25)37)24-13-7-3-8-14-24/h2-3,5-8,11-18,21H,4,9-10,19-20H2,1H3/b28-18+. The van der Waals surface area contributed by atoms with Crippen molar-refractivity contribution in [2.45, 2.75) is 37.5 Å². The third kappa shape index (κ3) is 3.77. The zero-order chi connectivity index (χ0) is 25.6. The van der Waals surface area contributed by atoms with Crippen LogP contribution in [-0.2, 0) is 15.0 Å². The lowest BCUT2D eigenvalue weighted by Gasteiger charge is -2.36. The number of allylic oxidation sites excluding steroid dienone is 3. The second kappa shape index (κ2) is 9.24. The first-order valence-electron chi connectivity index (χ1n) is 12.8. The maximum atomic E-state index is 13.8. The first-order chi connectivity index (χ1) is 18.0. The highest BCUT2D eigenvalue weighted by atomic mass is 35.5. The van der Waals surface area contributed by atoms with Crippen LogP contribution in [0.4, 0.5) is 17.1 Å². The summed E-state index contributed by atoms with van der Waals surface area (Å²) in [6, 6.07) is 24.7. The molecule has 1 spiro atoms. The number of anilines is 3. The van der Waals surface area contributed by atoms with E-state index in [9.17, 15) is 9.59 Å². The van der Waals surface area contributed by atoms with Crippen molar-refractivity contribution >= 4 is 40.5 Å². The van der Waals surface area contributed by atoms with Gasteiger partial charge in [-0.15, -0.1) is 0 Å². The molecule has 0 atom stereocenters. The summed E-state index contributed by atoms with van der Waals surface area (Å²) in [5, 5.41) is 3.66. The molecule has 0 bridgehead atoms. The highest BCUT2D eigenvalue weighted by molar-refractivity contribution is 6.36. The zero-order valence-electron chi connectivity index (χ0n) is 20.7. The van der Waals surface area contributed by atoms with Gasteiger partial charge >= 0.3 is 0 Å². The van der Waals surface area contributed by atoms with Crippen LogP contribution in [0.1, 0.15) is 37.7 Å². The Morgan fingerprint density at radius 3 is 1.89 bits per heavy atom. The van der Waals surface area contributed by atoms with Crippen molar-refractivity contribution in [3.63, 3.8) is 0 Å². The zero-order valence-corrected chi connectivity index (χ0v) is 21.5. The number of rotatable bonds is 3. The number of carbonyl (C=O) groups is 2. The molecule has 1 saturated carbocycles. The minimum atomic E-state index is -0.337. The van der Waals surface area contributed by atoms with E-state index in [1.54, 1.807) is 6.08 Å². The van der Waals surface area contributed by atoms with E-state index in [1.807, 2.05) is 72.8 Å². The van der Waals surface area contributed by atoms with Crippen LogP contribution in [0.5, 0.6) is 0 Å². The van der Waals surface area contributed by atoms with E-state index in [4.69, 9.17) is 11.6 Å². The molecule has 2 fully saturated rings. The smallest absolute Gasteiger partial charge is 0.283 e. The highest BCUT2D eigenvalue weighted by Crippen LogP contribution is 2.55. The van der Waals surface area contributed by atoms with E-state index >= 15 is 0 Å². The number of fused-ring (bicyclic) bond motifs is 2. The topological polar surface area (TPSA) is 43.9 Å². The van der Waals surface area contributed by atoms with Gasteiger partial charge in [-0.3, -0.25) is 9.59 Å². The predicted octanol–water partition coefficient (Wildman–Crippen LogP) is 6.80. The van der Waals surface area contributed by atoms with Crippen molar-refractivity contribution in [2.75, 3.05) is 22.0 Å². The van der Waals surface area contributed by atoms with E-state index < -0.39 is 0 Å². The molecule has 2 aliphatic heterocycles. The number of likely N-dealkylation sites (N-methyl/N-ethyl adjacent to an activating group) is 1. The molecule has 0 unspecified atom stereocenters. The molecule has 0 radical (unpaired) electrons. The quantitative estimate of drug-likeness (QED) is 0.288. The third-order valence-corrected chi connectivity index (χ3v) is 8.08. The summed E-state index contributed by atoms with van der Waals surface area (Å²) < 4.78 is 0. The lowest BCUT2D eigenvalue weighted by atomic mass is 9.68. The second-order valence-electron chi connectivity index (χ2n) is 9.90. The summed E-state index contributed by atoms with van der Waals surface area (Å²) in [7, 11) is 2.06. The van der Waals surface area contributed by atoms with Gasteiger partial charge in [0.25, 0.3) is 11.8 Å². The van der Waals surface area contributed by atoms with Gasteiger partial charge in [0.15, 0.2) is 0 Å². The molecule has 2 amide bonds. The lowest BCUT2D eigenvalue weighted by molar-refractivity contribution is -0.116. The Morgan fingerprint density at radius 1 is 0.757 bits per heavy atom. The van der Waals surface area contributed by atoms with Gasteiger partial charge in [-0.1, -0.05) is 67.3 Å². The van der Waals surface area contributed by atoms with Crippen LogP contribution in [0.25, 0.3) is 0 Å². The molecule has 3 aliphatic rings. The number of benzene rings is 3. The molecule has 186 valence electrons. The van der Waals surface area contributed by atoms with Crippen molar-refractivity contribution in [1.82, 2.24) is 0 Å². The normalized spacial score (nSPS) is 19.8. The maximum absolute atomic E-state index is 13.8. The Balaban J connectivity index is 1.46. The minimum absolute atomic E-state index is 0.147. The number of carbonyl (C=O) groups excluding carboxylic acids is 2. The van der Waals surface area contributed by atoms with Gasteiger partial charge < -0.3 is 4.90 Å². The van der Waals surface area contributed by atoms with Crippen molar-refractivity contribution in [3.8, 4) is 0 Å². The van der Waals surface area contributed by atoms with Gasteiger partial charge in [0, 0.05) is 28.9 Å². The summed E-state index contributed by atoms with van der Waals surface area (Å²) in [6.45, 7) is 0. The van der Waals surface area contributed by atoms with E-state index in [-0.39, 0.29) is 22.8 Å². The lowest BCUT2D eigenvalue weighted by Crippen LogP contribution is -2.41. The Labute approximate surface area is 222 Å². The monoisotopic (exact) mass is 509 g/mol. The first kappa shape index (κ1) is 23.6. The molecule has 5 nitrogen and oxygen atoms in total. The first-order valence-corrected chi connectivity index (χ1v) is 13.1. The fourth-order valence-corrected chi connectivity index (χ4v) is 6.31. The fourth-order valence-electron chi connectivity index (χ4n) is 6.13. The van der Waals surface area contributed by atoms with Crippen LogP contribution in [0, 0.1) is 0 Å². The summed E-state index contributed by atoms with van der Waals surface area (Å²) in [5.74, 6) is -0.674. The van der Waals surface area contributed by atoms with Crippen molar-refractivity contribution in [2.24, 2.45) is 0 Å².